The number of anilines is 1. The van der Waals surface area contributed by atoms with Crippen molar-refractivity contribution in [3.8, 4) is 0 Å². The second kappa shape index (κ2) is 4.50. The molecule has 0 aliphatic carbocycles. The second-order valence-corrected chi connectivity index (χ2v) is 5.62. The van der Waals surface area contributed by atoms with E-state index >= 15 is 0 Å². The summed E-state index contributed by atoms with van der Waals surface area (Å²) in [6.07, 6.45) is 1.75. The summed E-state index contributed by atoms with van der Waals surface area (Å²) < 4.78 is 0. The lowest BCUT2D eigenvalue weighted by molar-refractivity contribution is 0.0691. The molecule has 0 atom stereocenters. The van der Waals surface area contributed by atoms with Gasteiger partial charge in [0.2, 0.25) is 0 Å². The molecule has 0 amide bonds. The highest BCUT2D eigenvalue weighted by molar-refractivity contribution is 5.96. The van der Waals surface area contributed by atoms with Gasteiger partial charge in [0.05, 0.1) is 0 Å². The summed E-state index contributed by atoms with van der Waals surface area (Å²) in [6, 6.07) is 3.45. The number of nitrogens with zero attached hydrogens (tertiary/aromatic N) is 2. The molecule has 0 radical (unpaired) electrons. The molecule has 19 heavy (non-hydrogen) atoms. The van der Waals surface area contributed by atoms with Gasteiger partial charge in [0.25, 0.3) is 0 Å². The number of aromatic nitrogens is 2. The van der Waals surface area contributed by atoms with Crippen LogP contribution in [0, 0.1) is 6.92 Å². The van der Waals surface area contributed by atoms with E-state index in [0.717, 1.165) is 10.9 Å². The third-order valence-electron chi connectivity index (χ3n) is 2.52. The highest BCUT2D eigenvalue weighted by Crippen LogP contribution is 2.24. The Hall–Kier alpha value is -2.17. The van der Waals surface area contributed by atoms with Gasteiger partial charge in [-0.25, -0.2) is 9.78 Å². The lowest BCUT2D eigenvalue weighted by Crippen LogP contribution is -2.27. The zero-order chi connectivity index (χ0) is 14.2. The Morgan fingerprint density at radius 2 is 2.00 bits per heavy atom. The Balaban J connectivity index is 2.68. The van der Waals surface area contributed by atoms with Gasteiger partial charge in [-0.1, -0.05) is 0 Å². The summed E-state index contributed by atoms with van der Waals surface area (Å²) in [5, 5.41) is 13.1. The van der Waals surface area contributed by atoms with E-state index in [1.807, 2.05) is 33.8 Å². The molecule has 0 spiro atoms. The molecular formula is C14H17N3O2. The van der Waals surface area contributed by atoms with Crippen molar-refractivity contribution in [1.82, 2.24) is 9.97 Å². The molecule has 0 aliphatic rings. The predicted octanol–water partition coefficient (Wildman–Crippen LogP) is 2.85. The van der Waals surface area contributed by atoms with Crippen molar-refractivity contribution in [3.05, 3.63) is 29.6 Å². The number of pyridine rings is 2. The number of hydrogen-bond acceptors (Lipinski definition) is 4. The quantitative estimate of drug-likeness (QED) is 0.867. The van der Waals surface area contributed by atoms with E-state index in [2.05, 4.69) is 15.3 Å². The van der Waals surface area contributed by atoms with E-state index in [0.29, 0.717) is 11.3 Å². The summed E-state index contributed by atoms with van der Waals surface area (Å²) >= 11 is 0. The molecule has 2 rings (SSSR count). The van der Waals surface area contributed by atoms with Crippen LogP contribution in [0.2, 0.25) is 0 Å². The average Bonchev–Trinajstić information content (AvgIpc) is 2.25. The number of hydrogen-bond donors (Lipinski definition) is 2. The van der Waals surface area contributed by atoms with Gasteiger partial charge in [0.15, 0.2) is 11.5 Å². The van der Waals surface area contributed by atoms with Gasteiger partial charge < -0.3 is 10.4 Å². The maximum absolute atomic E-state index is 11.1. The minimum absolute atomic E-state index is 0.0200. The van der Waals surface area contributed by atoms with Crippen molar-refractivity contribution in [2.45, 2.75) is 33.2 Å². The molecule has 5 nitrogen and oxygen atoms in total. The zero-order valence-corrected chi connectivity index (χ0v) is 11.5. The first kappa shape index (κ1) is 13.3. The Morgan fingerprint density at radius 1 is 1.32 bits per heavy atom. The fraction of sp³-hybridized carbons (Fsp3) is 0.357. The van der Waals surface area contributed by atoms with Crippen molar-refractivity contribution in [1.29, 1.82) is 0 Å². The van der Waals surface area contributed by atoms with Crippen LogP contribution in [0.1, 0.15) is 36.8 Å². The lowest BCUT2D eigenvalue weighted by atomic mass is 10.1. The van der Waals surface area contributed by atoms with E-state index in [1.165, 1.54) is 0 Å². The number of aromatic carboxylic acids is 1. The average molecular weight is 259 g/mol. The molecular weight excluding hydrogens is 242 g/mol. The van der Waals surface area contributed by atoms with Gasteiger partial charge in [0.1, 0.15) is 5.52 Å². The van der Waals surface area contributed by atoms with Crippen LogP contribution in [0.15, 0.2) is 18.3 Å². The number of nitrogens with one attached hydrogen (secondary N) is 1. The highest BCUT2D eigenvalue weighted by atomic mass is 16.4. The van der Waals surface area contributed by atoms with Crippen LogP contribution >= 0.6 is 0 Å². The smallest absolute Gasteiger partial charge is 0.354 e. The number of carboxylic acids is 1. The van der Waals surface area contributed by atoms with Crippen LogP contribution in [0.4, 0.5) is 5.82 Å². The van der Waals surface area contributed by atoms with Crippen LogP contribution < -0.4 is 5.32 Å². The van der Waals surface area contributed by atoms with Gasteiger partial charge >= 0.3 is 5.97 Å². The molecule has 2 aromatic rings. The SMILES string of the molecule is Cc1cnc2c(NC(C)(C)C)nc(C(=O)O)cc2c1. The molecule has 0 saturated heterocycles. The minimum Gasteiger partial charge on any atom is -0.477 e. The lowest BCUT2D eigenvalue weighted by Gasteiger charge is -2.22. The summed E-state index contributed by atoms with van der Waals surface area (Å²) in [7, 11) is 0. The summed E-state index contributed by atoms with van der Waals surface area (Å²) in [5.74, 6) is -0.539. The van der Waals surface area contributed by atoms with Crippen LogP contribution in [0.5, 0.6) is 0 Å². The first-order valence-corrected chi connectivity index (χ1v) is 6.05. The fourth-order valence-electron chi connectivity index (χ4n) is 1.80. The van der Waals surface area contributed by atoms with Gasteiger partial charge in [0, 0.05) is 17.1 Å². The highest BCUT2D eigenvalue weighted by Gasteiger charge is 2.16. The number of fused-ring (bicyclic) bond motifs is 1. The minimum atomic E-state index is -1.04. The number of rotatable bonds is 2. The van der Waals surface area contributed by atoms with Crippen molar-refractivity contribution in [2.75, 3.05) is 5.32 Å². The second-order valence-electron chi connectivity index (χ2n) is 5.62. The van der Waals surface area contributed by atoms with Crippen LogP contribution in [-0.4, -0.2) is 26.6 Å². The van der Waals surface area contributed by atoms with Crippen molar-refractivity contribution in [3.63, 3.8) is 0 Å². The molecule has 0 aliphatic heterocycles. The standard InChI is InChI=1S/C14H17N3O2/c1-8-5-9-6-10(13(18)19)16-12(11(9)15-7-8)17-14(2,3)4/h5-7H,1-4H3,(H,16,17)(H,18,19). The van der Waals surface area contributed by atoms with Crippen molar-refractivity contribution < 1.29 is 9.90 Å². The normalized spacial score (nSPS) is 11.6. The summed E-state index contributed by atoms with van der Waals surface area (Å²) in [4.78, 5) is 19.6. The van der Waals surface area contributed by atoms with Crippen LogP contribution in [-0.2, 0) is 0 Å². The third-order valence-corrected chi connectivity index (χ3v) is 2.52. The maximum atomic E-state index is 11.1. The van der Waals surface area contributed by atoms with Gasteiger partial charge in [-0.05, 0) is 45.4 Å². The van der Waals surface area contributed by atoms with Gasteiger partial charge in [-0.3, -0.25) is 4.98 Å². The van der Waals surface area contributed by atoms with Crippen molar-refractivity contribution in [2.24, 2.45) is 0 Å². The van der Waals surface area contributed by atoms with E-state index < -0.39 is 5.97 Å². The molecule has 0 unspecified atom stereocenters. The third kappa shape index (κ3) is 2.99. The maximum Gasteiger partial charge on any atom is 0.354 e. The molecule has 0 saturated carbocycles. The topological polar surface area (TPSA) is 75.1 Å². The summed E-state index contributed by atoms with van der Waals surface area (Å²) in [5.41, 5.74) is 1.47. The Morgan fingerprint density at radius 3 is 2.58 bits per heavy atom. The van der Waals surface area contributed by atoms with E-state index in [1.54, 1.807) is 12.3 Å². The van der Waals surface area contributed by atoms with E-state index in [9.17, 15) is 4.79 Å². The fourth-order valence-corrected chi connectivity index (χ4v) is 1.80. The Labute approximate surface area is 111 Å². The molecule has 2 aromatic heterocycles. The largest absolute Gasteiger partial charge is 0.477 e. The number of aryl methyl sites for hydroxylation is 1. The molecule has 0 fully saturated rings. The number of carboxylic acid groups (broad SMARTS) is 1. The Bertz CT molecular complexity index is 645. The van der Waals surface area contributed by atoms with Gasteiger partial charge in [-0.15, -0.1) is 0 Å². The molecule has 0 aromatic carbocycles. The molecule has 5 heteroatoms. The molecule has 2 heterocycles. The van der Waals surface area contributed by atoms with E-state index in [4.69, 9.17) is 5.11 Å². The predicted molar refractivity (Wildman–Crippen MR) is 74.6 cm³/mol. The van der Waals surface area contributed by atoms with Crippen molar-refractivity contribution >= 4 is 22.7 Å². The van der Waals surface area contributed by atoms with Crippen LogP contribution in [0.25, 0.3) is 10.9 Å². The molecule has 100 valence electrons. The molecule has 2 N–H and O–H groups in total. The zero-order valence-electron chi connectivity index (χ0n) is 11.5. The van der Waals surface area contributed by atoms with Gasteiger partial charge in [-0.2, -0.15) is 0 Å². The van der Waals surface area contributed by atoms with Crippen LogP contribution in [0.3, 0.4) is 0 Å². The Kier molecular flexibility index (Phi) is 3.14. The molecule has 0 bridgehead atoms. The van der Waals surface area contributed by atoms with E-state index in [-0.39, 0.29) is 11.2 Å². The first-order valence-electron chi connectivity index (χ1n) is 6.05. The first-order chi connectivity index (χ1) is 8.76. The monoisotopic (exact) mass is 259 g/mol. The number of carbonyl (C=O) groups is 1. The summed E-state index contributed by atoms with van der Waals surface area (Å²) in [6.45, 7) is 7.89.